The monoisotopic (exact) mass is 309 g/mol. The molecule has 3 aromatic rings. The van der Waals surface area contributed by atoms with Crippen LogP contribution in [0.2, 0.25) is 0 Å². The molecule has 0 fully saturated rings. The number of nitrogens with zero attached hydrogens (tertiary/aromatic N) is 2. The second-order valence-electron chi connectivity index (χ2n) is 4.50. The fourth-order valence-electron chi connectivity index (χ4n) is 1.90. The summed E-state index contributed by atoms with van der Waals surface area (Å²) in [5.74, 6) is 0. The van der Waals surface area contributed by atoms with Crippen LogP contribution in [0.25, 0.3) is 10.2 Å². The number of hydrogen-bond donors (Lipinski definition) is 1. The molecule has 1 N–H and O–H groups in total. The summed E-state index contributed by atoms with van der Waals surface area (Å²) in [6.45, 7) is 1.96. The second-order valence-corrected chi connectivity index (χ2v) is 5.53. The van der Waals surface area contributed by atoms with E-state index in [1.165, 1.54) is 17.4 Å². The van der Waals surface area contributed by atoms with Gasteiger partial charge in [-0.15, -0.1) is 0 Å². The van der Waals surface area contributed by atoms with Crippen molar-refractivity contribution in [1.29, 1.82) is 0 Å². The molecule has 3 rings (SSSR count). The number of nitrogens with one attached hydrogen (secondary N) is 1. The molecular weight excluding hydrogens is 299 g/mol. The molecular formula is C14H10F3N3S. The molecule has 2 aromatic heterocycles. The highest BCUT2D eigenvalue weighted by Crippen LogP contribution is 2.31. The summed E-state index contributed by atoms with van der Waals surface area (Å²) in [5, 5.41) is 3.60. The summed E-state index contributed by atoms with van der Waals surface area (Å²) in [4.78, 5) is 7.84. The number of para-hydroxylation sites is 1. The highest BCUT2D eigenvalue weighted by molar-refractivity contribution is 7.22. The standard InChI is InChI=1S/C14H10F3N3S/c1-8-3-2-4-10-12(8)20-13(21-10)19-9-5-6-11(18-7-9)14(15,16)17/h2-7H,1H3,(H,19,20). The van der Waals surface area contributed by atoms with Crippen molar-refractivity contribution in [1.82, 2.24) is 9.97 Å². The number of hydrogen-bond acceptors (Lipinski definition) is 4. The highest BCUT2D eigenvalue weighted by Gasteiger charge is 2.32. The topological polar surface area (TPSA) is 37.8 Å². The van der Waals surface area contributed by atoms with Crippen molar-refractivity contribution in [2.24, 2.45) is 0 Å². The Balaban J connectivity index is 1.87. The van der Waals surface area contributed by atoms with Gasteiger partial charge in [0.1, 0.15) is 5.69 Å². The number of aryl methyl sites for hydroxylation is 1. The molecule has 0 atom stereocenters. The lowest BCUT2D eigenvalue weighted by atomic mass is 10.2. The predicted molar refractivity (Wildman–Crippen MR) is 76.9 cm³/mol. The Morgan fingerprint density at radius 3 is 2.57 bits per heavy atom. The van der Waals surface area contributed by atoms with E-state index in [1.807, 2.05) is 25.1 Å². The molecule has 0 spiro atoms. The van der Waals surface area contributed by atoms with Gasteiger partial charge in [0.15, 0.2) is 5.13 Å². The van der Waals surface area contributed by atoms with Gasteiger partial charge in [-0.1, -0.05) is 23.5 Å². The van der Waals surface area contributed by atoms with Crippen LogP contribution in [0.15, 0.2) is 36.5 Å². The van der Waals surface area contributed by atoms with Crippen LogP contribution >= 0.6 is 11.3 Å². The van der Waals surface area contributed by atoms with Gasteiger partial charge in [-0.25, -0.2) is 9.97 Å². The molecule has 0 aliphatic rings. The third-order valence-corrected chi connectivity index (χ3v) is 3.86. The Morgan fingerprint density at radius 1 is 1.14 bits per heavy atom. The zero-order valence-electron chi connectivity index (χ0n) is 10.9. The SMILES string of the molecule is Cc1cccc2sc(Nc3ccc(C(F)(F)F)nc3)nc12. The van der Waals surface area contributed by atoms with Gasteiger partial charge in [-0.05, 0) is 30.7 Å². The number of pyridine rings is 1. The van der Waals surface area contributed by atoms with Gasteiger partial charge >= 0.3 is 6.18 Å². The summed E-state index contributed by atoms with van der Waals surface area (Å²) < 4.78 is 38.3. The Morgan fingerprint density at radius 2 is 1.95 bits per heavy atom. The normalized spacial score (nSPS) is 11.8. The minimum atomic E-state index is -4.43. The fraction of sp³-hybridized carbons (Fsp3) is 0.143. The van der Waals surface area contributed by atoms with Crippen LogP contribution in [0.4, 0.5) is 24.0 Å². The van der Waals surface area contributed by atoms with E-state index in [4.69, 9.17) is 0 Å². The largest absolute Gasteiger partial charge is 0.433 e. The maximum absolute atomic E-state index is 12.4. The average Bonchev–Trinajstić information content (AvgIpc) is 2.82. The van der Waals surface area contributed by atoms with Crippen molar-refractivity contribution in [2.45, 2.75) is 13.1 Å². The van der Waals surface area contributed by atoms with Crippen LogP contribution in [0.5, 0.6) is 0 Å². The molecule has 2 heterocycles. The summed E-state index contributed by atoms with van der Waals surface area (Å²) >= 11 is 1.44. The summed E-state index contributed by atoms with van der Waals surface area (Å²) in [6.07, 6.45) is -3.27. The zero-order valence-corrected chi connectivity index (χ0v) is 11.7. The Hall–Kier alpha value is -2.15. The lowest BCUT2D eigenvalue weighted by Gasteiger charge is -2.06. The number of thiazole rings is 1. The quantitative estimate of drug-likeness (QED) is 0.741. The fourth-order valence-corrected chi connectivity index (χ4v) is 2.86. The van der Waals surface area contributed by atoms with Gasteiger partial charge in [0.2, 0.25) is 0 Å². The molecule has 1 aromatic carbocycles. The minimum absolute atomic E-state index is 0.472. The van der Waals surface area contributed by atoms with E-state index in [0.717, 1.165) is 28.0 Å². The molecule has 0 saturated carbocycles. The number of halogens is 3. The summed E-state index contributed by atoms with van der Waals surface area (Å²) in [7, 11) is 0. The molecule has 0 amide bonds. The van der Waals surface area contributed by atoms with E-state index in [2.05, 4.69) is 15.3 Å². The molecule has 108 valence electrons. The van der Waals surface area contributed by atoms with Crippen LogP contribution in [0.1, 0.15) is 11.3 Å². The molecule has 7 heteroatoms. The van der Waals surface area contributed by atoms with Crippen molar-refractivity contribution >= 4 is 32.4 Å². The van der Waals surface area contributed by atoms with Gasteiger partial charge in [-0.2, -0.15) is 13.2 Å². The lowest BCUT2D eigenvalue weighted by Crippen LogP contribution is -2.07. The summed E-state index contributed by atoms with van der Waals surface area (Å²) in [5.41, 5.74) is 1.51. The number of benzene rings is 1. The summed E-state index contributed by atoms with van der Waals surface area (Å²) in [6, 6.07) is 8.15. The van der Waals surface area contributed by atoms with Crippen molar-refractivity contribution in [2.75, 3.05) is 5.32 Å². The van der Waals surface area contributed by atoms with Crippen molar-refractivity contribution in [3.8, 4) is 0 Å². The number of aromatic nitrogens is 2. The van der Waals surface area contributed by atoms with Gasteiger partial charge < -0.3 is 5.32 Å². The Labute approximate surface area is 122 Å². The van der Waals surface area contributed by atoms with Gasteiger partial charge in [-0.3, -0.25) is 0 Å². The van der Waals surface area contributed by atoms with Gasteiger partial charge in [0, 0.05) is 0 Å². The van der Waals surface area contributed by atoms with Crippen LogP contribution in [-0.2, 0) is 6.18 Å². The first-order valence-corrected chi connectivity index (χ1v) is 6.91. The second kappa shape index (κ2) is 5.00. The van der Waals surface area contributed by atoms with E-state index in [-0.39, 0.29) is 0 Å². The smallest absolute Gasteiger partial charge is 0.330 e. The third-order valence-electron chi connectivity index (χ3n) is 2.93. The molecule has 0 saturated heterocycles. The van der Waals surface area contributed by atoms with Gasteiger partial charge in [0.05, 0.1) is 22.1 Å². The number of alkyl halides is 3. The molecule has 0 radical (unpaired) electrons. The first-order valence-electron chi connectivity index (χ1n) is 6.10. The van der Waals surface area contributed by atoms with E-state index in [9.17, 15) is 13.2 Å². The Kier molecular flexibility index (Phi) is 3.29. The predicted octanol–water partition coefficient (Wildman–Crippen LogP) is 4.76. The van der Waals surface area contributed by atoms with Crippen LogP contribution < -0.4 is 5.32 Å². The molecule has 21 heavy (non-hydrogen) atoms. The van der Waals surface area contributed by atoms with Crippen molar-refractivity contribution in [3.63, 3.8) is 0 Å². The van der Waals surface area contributed by atoms with Crippen LogP contribution in [-0.4, -0.2) is 9.97 Å². The zero-order chi connectivity index (χ0) is 15.0. The minimum Gasteiger partial charge on any atom is -0.330 e. The molecule has 0 aliphatic heterocycles. The maximum atomic E-state index is 12.4. The molecule has 0 aliphatic carbocycles. The lowest BCUT2D eigenvalue weighted by molar-refractivity contribution is -0.141. The average molecular weight is 309 g/mol. The van der Waals surface area contributed by atoms with Crippen LogP contribution in [0.3, 0.4) is 0 Å². The number of anilines is 2. The van der Waals surface area contributed by atoms with E-state index >= 15 is 0 Å². The molecule has 0 unspecified atom stereocenters. The molecule has 3 nitrogen and oxygen atoms in total. The van der Waals surface area contributed by atoms with Crippen molar-refractivity contribution < 1.29 is 13.2 Å². The number of rotatable bonds is 2. The van der Waals surface area contributed by atoms with E-state index in [0.29, 0.717) is 10.8 Å². The first kappa shape index (κ1) is 13.8. The van der Waals surface area contributed by atoms with Gasteiger partial charge in [0.25, 0.3) is 0 Å². The highest BCUT2D eigenvalue weighted by atomic mass is 32.1. The molecule has 0 bridgehead atoms. The van der Waals surface area contributed by atoms with Crippen molar-refractivity contribution in [3.05, 3.63) is 47.8 Å². The third kappa shape index (κ3) is 2.82. The number of fused-ring (bicyclic) bond motifs is 1. The maximum Gasteiger partial charge on any atom is 0.433 e. The Bertz CT molecular complexity index is 778. The van der Waals surface area contributed by atoms with E-state index < -0.39 is 11.9 Å². The van der Waals surface area contributed by atoms with E-state index in [1.54, 1.807) is 0 Å². The first-order chi connectivity index (χ1) is 9.93. The van der Waals surface area contributed by atoms with Crippen LogP contribution in [0, 0.1) is 6.92 Å².